The van der Waals surface area contributed by atoms with Crippen LogP contribution >= 0.6 is 0 Å². The third kappa shape index (κ3) is 4.79. The van der Waals surface area contributed by atoms with Crippen molar-refractivity contribution in [2.75, 3.05) is 6.61 Å². The highest BCUT2D eigenvalue weighted by Gasteiger charge is 2.45. The molecule has 3 rings (SSSR count). The third-order valence-electron chi connectivity index (χ3n) is 5.31. The fraction of sp³-hybridized carbons (Fsp3) is 0.320. The highest BCUT2D eigenvalue weighted by atomic mass is 32.2. The van der Waals surface area contributed by atoms with Gasteiger partial charge in [-0.3, -0.25) is 4.79 Å². The lowest BCUT2D eigenvalue weighted by atomic mass is 9.84. The molecule has 1 aliphatic rings. The van der Waals surface area contributed by atoms with Crippen molar-refractivity contribution >= 4 is 21.7 Å². The van der Waals surface area contributed by atoms with Crippen LogP contribution in [0, 0.1) is 18.8 Å². The van der Waals surface area contributed by atoms with Crippen molar-refractivity contribution in [3.8, 4) is 0 Å². The zero-order chi connectivity index (χ0) is 23.5. The molecule has 0 fully saturated rings. The van der Waals surface area contributed by atoms with Gasteiger partial charge in [-0.25, -0.2) is 12.7 Å². The number of hydrogen-bond acceptors (Lipinski definition) is 5. The van der Waals surface area contributed by atoms with Gasteiger partial charge in [0.05, 0.1) is 23.1 Å². The van der Waals surface area contributed by atoms with E-state index in [9.17, 15) is 18.3 Å². The fourth-order valence-electron chi connectivity index (χ4n) is 3.81. The molecule has 3 atom stereocenters. The van der Waals surface area contributed by atoms with E-state index in [1.165, 1.54) is 12.1 Å². The van der Waals surface area contributed by atoms with E-state index in [1.54, 1.807) is 55.5 Å². The molecule has 0 saturated carbocycles. The van der Waals surface area contributed by atoms with Crippen molar-refractivity contribution in [3.63, 3.8) is 0 Å². The lowest BCUT2D eigenvalue weighted by Gasteiger charge is -2.41. The summed E-state index contributed by atoms with van der Waals surface area (Å²) < 4.78 is 33.7. The first-order valence-electron chi connectivity index (χ1n) is 10.5. The average molecular weight is 456 g/mol. The largest absolute Gasteiger partial charge is 0.466 e. The SMILES string of the molecule is CCOC(=O)[C@H]1C=C(c2ccccc2)N(S(=O)(=O)c2ccc(C)cc2)[C@H](O)[C@@H]1C=C(C)C. The van der Waals surface area contributed by atoms with Gasteiger partial charge in [0.15, 0.2) is 0 Å². The van der Waals surface area contributed by atoms with Gasteiger partial charge >= 0.3 is 5.97 Å². The Morgan fingerprint density at radius 3 is 2.28 bits per heavy atom. The van der Waals surface area contributed by atoms with Crippen molar-refractivity contribution in [3.05, 3.63) is 83.4 Å². The van der Waals surface area contributed by atoms with Crippen LogP contribution in [0.5, 0.6) is 0 Å². The Morgan fingerprint density at radius 2 is 1.72 bits per heavy atom. The smallest absolute Gasteiger partial charge is 0.313 e. The molecule has 0 aromatic heterocycles. The molecular weight excluding hydrogens is 426 g/mol. The van der Waals surface area contributed by atoms with Gasteiger partial charge in [0.1, 0.15) is 6.23 Å². The van der Waals surface area contributed by atoms with E-state index in [4.69, 9.17) is 4.74 Å². The van der Waals surface area contributed by atoms with Crippen LogP contribution in [0.2, 0.25) is 0 Å². The molecule has 170 valence electrons. The Kier molecular flexibility index (Phi) is 7.21. The molecule has 0 saturated heterocycles. The molecule has 1 aliphatic heterocycles. The van der Waals surface area contributed by atoms with Gasteiger partial charge in [-0.1, -0.05) is 59.7 Å². The zero-order valence-electron chi connectivity index (χ0n) is 18.7. The summed E-state index contributed by atoms with van der Waals surface area (Å²) in [7, 11) is -4.12. The predicted molar refractivity (Wildman–Crippen MR) is 124 cm³/mol. The number of benzene rings is 2. The van der Waals surface area contributed by atoms with E-state index >= 15 is 0 Å². The summed E-state index contributed by atoms with van der Waals surface area (Å²) in [6.07, 6.45) is 1.82. The molecule has 7 heteroatoms. The molecule has 0 amide bonds. The van der Waals surface area contributed by atoms with E-state index in [0.29, 0.717) is 5.56 Å². The lowest BCUT2D eigenvalue weighted by molar-refractivity contribution is -0.150. The van der Waals surface area contributed by atoms with Crippen LogP contribution < -0.4 is 0 Å². The summed E-state index contributed by atoms with van der Waals surface area (Å²) in [5, 5.41) is 11.4. The minimum Gasteiger partial charge on any atom is -0.466 e. The summed E-state index contributed by atoms with van der Waals surface area (Å²) in [6.45, 7) is 7.44. The summed E-state index contributed by atoms with van der Waals surface area (Å²) in [6, 6.07) is 15.3. The Hall–Kier alpha value is -2.90. The first-order chi connectivity index (χ1) is 15.2. The van der Waals surface area contributed by atoms with Gasteiger partial charge in [0, 0.05) is 5.92 Å². The van der Waals surface area contributed by atoms with Gasteiger partial charge < -0.3 is 9.84 Å². The topological polar surface area (TPSA) is 83.9 Å². The van der Waals surface area contributed by atoms with E-state index < -0.39 is 34.1 Å². The Bertz CT molecular complexity index is 1120. The fourth-order valence-corrected chi connectivity index (χ4v) is 5.36. The maximum atomic E-state index is 13.7. The molecule has 0 unspecified atom stereocenters. The van der Waals surface area contributed by atoms with E-state index in [1.807, 2.05) is 26.8 Å². The molecule has 1 heterocycles. The number of nitrogens with zero attached hydrogens (tertiary/aromatic N) is 1. The summed E-state index contributed by atoms with van der Waals surface area (Å²) >= 11 is 0. The predicted octanol–water partition coefficient (Wildman–Crippen LogP) is 4.12. The zero-order valence-corrected chi connectivity index (χ0v) is 19.5. The summed E-state index contributed by atoms with van der Waals surface area (Å²) in [5.41, 5.74) is 2.60. The molecule has 0 aliphatic carbocycles. The van der Waals surface area contributed by atoms with Crippen molar-refractivity contribution in [2.45, 2.75) is 38.8 Å². The Balaban J connectivity index is 2.25. The summed E-state index contributed by atoms with van der Waals surface area (Å²) in [5.74, 6) is -2.14. The maximum absolute atomic E-state index is 13.7. The van der Waals surface area contributed by atoms with E-state index in [2.05, 4.69) is 0 Å². The van der Waals surface area contributed by atoms with Crippen molar-refractivity contribution in [2.24, 2.45) is 11.8 Å². The molecule has 0 spiro atoms. The highest BCUT2D eigenvalue weighted by molar-refractivity contribution is 7.89. The normalized spacial score (nSPS) is 21.0. The Morgan fingerprint density at radius 1 is 1.09 bits per heavy atom. The number of esters is 1. The van der Waals surface area contributed by atoms with Gasteiger partial charge in [0.25, 0.3) is 10.0 Å². The Labute approximate surface area is 189 Å². The molecule has 1 N–H and O–H groups in total. The number of allylic oxidation sites excluding steroid dienone is 1. The second kappa shape index (κ2) is 9.71. The van der Waals surface area contributed by atoms with Gasteiger partial charge in [-0.15, -0.1) is 0 Å². The first kappa shape index (κ1) is 23.8. The molecule has 0 radical (unpaired) electrons. The monoisotopic (exact) mass is 455 g/mol. The van der Waals surface area contributed by atoms with Crippen LogP contribution in [0.15, 0.2) is 77.2 Å². The maximum Gasteiger partial charge on any atom is 0.313 e. The van der Waals surface area contributed by atoms with Crippen molar-refractivity contribution in [1.82, 2.24) is 4.31 Å². The number of rotatable bonds is 6. The van der Waals surface area contributed by atoms with Gasteiger partial charge in [0.2, 0.25) is 0 Å². The number of sulfonamides is 1. The third-order valence-corrected chi connectivity index (χ3v) is 7.10. The molecule has 2 aromatic rings. The van der Waals surface area contributed by atoms with E-state index in [-0.39, 0.29) is 17.2 Å². The number of carbonyl (C=O) groups is 1. The van der Waals surface area contributed by atoms with Crippen LogP contribution in [-0.2, 0) is 19.6 Å². The van der Waals surface area contributed by atoms with Gasteiger partial charge in [-0.05, 0) is 51.5 Å². The number of aliphatic hydroxyl groups excluding tert-OH is 1. The van der Waals surface area contributed by atoms with Crippen molar-refractivity contribution < 1.29 is 23.1 Å². The number of aliphatic hydroxyl groups is 1. The van der Waals surface area contributed by atoms with Gasteiger partial charge in [-0.2, -0.15) is 0 Å². The van der Waals surface area contributed by atoms with Crippen LogP contribution in [0.3, 0.4) is 0 Å². The number of hydrogen-bond donors (Lipinski definition) is 1. The number of ether oxygens (including phenoxy) is 1. The molecule has 2 aromatic carbocycles. The number of carbonyl (C=O) groups excluding carboxylic acids is 1. The van der Waals surface area contributed by atoms with Crippen LogP contribution in [0.1, 0.15) is 31.9 Å². The minimum atomic E-state index is -4.12. The van der Waals surface area contributed by atoms with Crippen LogP contribution in [0.4, 0.5) is 0 Å². The van der Waals surface area contributed by atoms with Crippen LogP contribution in [0.25, 0.3) is 5.70 Å². The molecule has 32 heavy (non-hydrogen) atoms. The van der Waals surface area contributed by atoms with E-state index in [0.717, 1.165) is 15.4 Å². The average Bonchev–Trinajstić information content (AvgIpc) is 2.75. The standard InChI is InChI=1S/C25H29NO5S/c1-5-31-25(28)22-16-23(19-9-7-6-8-10-19)26(24(27)21(22)15-17(2)3)32(29,30)20-13-11-18(4)12-14-20/h6-16,21-22,24,27H,5H2,1-4H3/t21-,22+,24-/m1/s1. The molecule has 0 bridgehead atoms. The molecule has 6 nitrogen and oxygen atoms in total. The number of aryl methyl sites for hydroxylation is 1. The first-order valence-corrected chi connectivity index (χ1v) is 12.0. The highest BCUT2D eigenvalue weighted by Crippen LogP contribution is 2.40. The minimum absolute atomic E-state index is 0.0644. The summed E-state index contributed by atoms with van der Waals surface area (Å²) in [4.78, 5) is 12.9. The molecular formula is C25H29NO5S. The quantitative estimate of drug-likeness (QED) is 0.523. The second-order valence-corrected chi connectivity index (χ2v) is 9.86. The van der Waals surface area contributed by atoms with Crippen molar-refractivity contribution in [1.29, 1.82) is 0 Å². The second-order valence-electron chi connectivity index (χ2n) is 8.04. The lowest BCUT2D eigenvalue weighted by Crippen LogP contribution is -2.49. The van der Waals surface area contributed by atoms with Crippen LogP contribution in [-0.4, -0.2) is 36.6 Å².